The van der Waals surface area contributed by atoms with Crippen LogP contribution in [0.25, 0.3) is 0 Å². The molecule has 1 heterocycles. The van der Waals surface area contributed by atoms with Gasteiger partial charge in [-0.3, -0.25) is 9.59 Å². The van der Waals surface area contributed by atoms with Crippen molar-refractivity contribution >= 4 is 11.8 Å². The first-order chi connectivity index (χ1) is 12.1. The van der Waals surface area contributed by atoms with E-state index in [4.69, 9.17) is 10.5 Å². The zero-order chi connectivity index (χ0) is 18.1. The molecule has 1 aromatic carbocycles. The SMILES string of the molecule is COC(CN)CC(=O)N1CCCN(C(=O)CCc2ccccc2)CC1. The second-order valence-corrected chi connectivity index (χ2v) is 6.40. The highest BCUT2D eigenvalue weighted by Gasteiger charge is 2.23. The Bertz CT molecular complexity index is 546. The fourth-order valence-corrected chi connectivity index (χ4v) is 3.06. The average molecular weight is 347 g/mol. The molecule has 0 aromatic heterocycles. The summed E-state index contributed by atoms with van der Waals surface area (Å²) in [4.78, 5) is 28.5. The molecule has 1 fully saturated rings. The molecule has 1 aliphatic rings. The van der Waals surface area contributed by atoms with E-state index in [-0.39, 0.29) is 17.9 Å². The fraction of sp³-hybridized carbons (Fsp3) is 0.579. The molecule has 2 N–H and O–H groups in total. The fourth-order valence-electron chi connectivity index (χ4n) is 3.06. The molecular weight excluding hydrogens is 318 g/mol. The number of rotatable bonds is 7. The molecule has 25 heavy (non-hydrogen) atoms. The molecule has 138 valence electrons. The summed E-state index contributed by atoms with van der Waals surface area (Å²) in [6.45, 7) is 2.90. The van der Waals surface area contributed by atoms with Gasteiger partial charge in [0.25, 0.3) is 0 Å². The van der Waals surface area contributed by atoms with E-state index >= 15 is 0 Å². The normalized spacial score (nSPS) is 16.4. The predicted molar refractivity (Wildman–Crippen MR) is 97.0 cm³/mol. The summed E-state index contributed by atoms with van der Waals surface area (Å²) >= 11 is 0. The second-order valence-electron chi connectivity index (χ2n) is 6.40. The van der Waals surface area contributed by atoms with Crippen LogP contribution in [0.5, 0.6) is 0 Å². The molecule has 0 radical (unpaired) electrons. The summed E-state index contributed by atoms with van der Waals surface area (Å²) in [6, 6.07) is 10.0. The second kappa shape index (κ2) is 10.2. The molecule has 1 aliphatic heterocycles. The molecule has 1 aromatic rings. The van der Waals surface area contributed by atoms with Crippen LogP contribution >= 0.6 is 0 Å². The minimum Gasteiger partial charge on any atom is -0.380 e. The van der Waals surface area contributed by atoms with Gasteiger partial charge in [0, 0.05) is 46.3 Å². The van der Waals surface area contributed by atoms with E-state index in [2.05, 4.69) is 0 Å². The number of nitrogens with zero attached hydrogens (tertiary/aromatic N) is 2. The smallest absolute Gasteiger partial charge is 0.225 e. The monoisotopic (exact) mass is 347 g/mol. The van der Waals surface area contributed by atoms with Crippen LogP contribution in [0.2, 0.25) is 0 Å². The third kappa shape index (κ3) is 6.14. The van der Waals surface area contributed by atoms with Gasteiger partial charge in [0.05, 0.1) is 12.5 Å². The van der Waals surface area contributed by atoms with Crippen LogP contribution in [0.1, 0.15) is 24.8 Å². The summed E-state index contributed by atoms with van der Waals surface area (Å²) in [5, 5.41) is 0. The quantitative estimate of drug-likeness (QED) is 0.800. The van der Waals surface area contributed by atoms with Gasteiger partial charge in [-0.25, -0.2) is 0 Å². The highest BCUT2D eigenvalue weighted by Crippen LogP contribution is 2.10. The van der Waals surface area contributed by atoms with Gasteiger partial charge in [-0.15, -0.1) is 0 Å². The minimum atomic E-state index is -0.237. The van der Waals surface area contributed by atoms with Crippen LogP contribution < -0.4 is 5.73 Å². The highest BCUT2D eigenvalue weighted by atomic mass is 16.5. The molecule has 1 atom stereocenters. The van der Waals surface area contributed by atoms with Crippen molar-refractivity contribution in [2.45, 2.75) is 31.8 Å². The summed E-state index contributed by atoms with van der Waals surface area (Å²) in [5.74, 6) is 0.214. The highest BCUT2D eigenvalue weighted by molar-refractivity contribution is 5.78. The number of methoxy groups -OCH3 is 1. The summed E-state index contributed by atoms with van der Waals surface area (Å²) in [5.41, 5.74) is 6.76. The van der Waals surface area contributed by atoms with Gasteiger partial charge in [0.1, 0.15) is 0 Å². The third-order valence-corrected chi connectivity index (χ3v) is 4.67. The maximum Gasteiger partial charge on any atom is 0.225 e. The van der Waals surface area contributed by atoms with Crippen molar-refractivity contribution in [1.82, 2.24) is 9.80 Å². The van der Waals surface area contributed by atoms with Gasteiger partial charge in [-0.05, 0) is 18.4 Å². The Morgan fingerprint density at radius 2 is 1.72 bits per heavy atom. The Balaban J connectivity index is 1.80. The largest absolute Gasteiger partial charge is 0.380 e. The Hall–Kier alpha value is -1.92. The number of hydrogen-bond acceptors (Lipinski definition) is 4. The van der Waals surface area contributed by atoms with Crippen molar-refractivity contribution in [3.05, 3.63) is 35.9 Å². The lowest BCUT2D eigenvalue weighted by molar-refractivity contribution is -0.135. The van der Waals surface area contributed by atoms with Crippen molar-refractivity contribution in [2.24, 2.45) is 5.73 Å². The zero-order valence-corrected chi connectivity index (χ0v) is 15.0. The zero-order valence-electron chi connectivity index (χ0n) is 15.0. The summed E-state index contributed by atoms with van der Waals surface area (Å²) in [7, 11) is 1.57. The molecule has 2 amide bonds. The van der Waals surface area contributed by atoms with Crippen LogP contribution in [0.15, 0.2) is 30.3 Å². The topological polar surface area (TPSA) is 75.9 Å². The molecule has 6 heteroatoms. The predicted octanol–water partition coefficient (Wildman–Crippen LogP) is 1.04. The van der Waals surface area contributed by atoms with Crippen molar-refractivity contribution < 1.29 is 14.3 Å². The summed E-state index contributed by atoms with van der Waals surface area (Å²) in [6.07, 6.45) is 2.14. The Morgan fingerprint density at radius 3 is 2.32 bits per heavy atom. The van der Waals surface area contributed by atoms with Gasteiger partial charge in [0.2, 0.25) is 11.8 Å². The van der Waals surface area contributed by atoms with Crippen LogP contribution in [0.3, 0.4) is 0 Å². The number of carbonyl (C=O) groups excluding carboxylic acids is 2. The molecule has 0 saturated carbocycles. The standard InChI is InChI=1S/C19H29N3O3/c1-25-17(15-20)14-19(24)22-11-5-10-21(12-13-22)18(23)9-8-16-6-3-2-4-7-16/h2-4,6-7,17H,5,8-15,20H2,1H3. The van der Waals surface area contributed by atoms with Gasteiger partial charge >= 0.3 is 0 Å². The molecule has 0 aliphatic carbocycles. The first-order valence-corrected chi connectivity index (χ1v) is 8.96. The van der Waals surface area contributed by atoms with Crippen molar-refractivity contribution in [3.8, 4) is 0 Å². The molecule has 0 spiro atoms. The number of hydrogen-bond donors (Lipinski definition) is 1. The van der Waals surface area contributed by atoms with Crippen LogP contribution in [-0.2, 0) is 20.7 Å². The van der Waals surface area contributed by atoms with Crippen molar-refractivity contribution in [2.75, 3.05) is 39.8 Å². The Labute approximate surface area is 149 Å². The van der Waals surface area contributed by atoms with E-state index in [9.17, 15) is 9.59 Å². The van der Waals surface area contributed by atoms with Gasteiger partial charge in [-0.2, -0.15) is 0 Å². The van der Waals surface area contributed by atoms with Crippen LogP contribution in [-0.4, -0.2) is 67.6 Å². The maximum atomic E-state index is 12.5. The van der Waals surface area contributed by atoms with E-state index in [0.29, 0.717) is 45.6 Å². The maximum absolute atomic E-state index is 12.5. The lowest BCUT2D eigenvalue weighted by Gasteiger charge is -2.23. The number of carbonyl (C=O) groups is 2. The van der Waals surface area contributed by atoms with Crippen molar-refractivity contribution in [3.63, 3.8) is 0 Å². The molecule has 1 saturated heterocycles. The number of benzene rings is 1. The third-order valence-electron chi connectivity index (χ3n) is 4.67. The van der Waals surface area contributed by atoms with Crippen LogP contribution in [0, 0.1) is 0 Å². The first-order valence-electron chi connectivity index (χ1n) is 8.96. The molecule has 0 bridgehead atoms. The van der Waals surface area contributed by atoms with E-state index in [1.165, 1.54) is 5.56 Å². The van der Waals surface area contributed by atoms with E-state index in [1.54, 1.807) is 7.11 Å². The van der Waals surface area contributed by atoms with E-state index < -0.39 is 0 Å². The van der Waals surface area contributed by atoms with Gasteiger partial charge < -0.3 is 20.3 Å². The van der Waals surface area contributed by atoms with E-state index in [0.717, 1.165) is 12.8 Å². The number of aryl methyl sites for hydroxylation is 1. The van der Waals surface area contributed by atoms with Crippen LogP contribution in [0.4, 0.5) is 0 Å². The number of amides is 2. The molecular formula is C19H29N3O3. The van der Waals surface area contributed by atoms with Crippen molar-refractivity contribution in [1.29, 1.82) is 0 Å². The Morgan fingerprint density at radius 1 is 1.08 bits per heavy atom. The van der Waals surface area contributed by atoms with E-state index in [1.807, 2.05) is 40.1 Å². The molecule has 1 unspecified atom stereocenters. The first kappa shape index (κ1) is 19.4. The molecule has 6 nitrogen and oxygen atoms in total. The summed E-state index contributed by atoms with van der Waals surface area (Å²) < 4.78 is 5.19. The lowest BCUT2D eigenvalue weighted by Crippen LogP contribution is -2.39. The van der Waals surface area contributed by atoms with Gasteiger partial charge in [0.15, 0.2) is 0 Å². The number of nitrogens with two attached hydrogens (primary N) is 1. The minimum absolute atomic E-state index is 0.0517. The van der Waals surface area contributed by atoms with Gasteiger partial charge in [-0.1, -0.05) is 30.3 Å². The Kier molecular flexibility index (Phi) is 7.88. The molecule has 2 rings (SSSR count). The lowest BCUT2D eigenvalue weighted by atomic mass is 10.1. The number of ether oxygens (including phenoxy) is 1. The average Bonchev–Trinajstić information content (AvgIpc) is 2.91.